The standard InChI is InChI=1S/C9H11NO2S/c11-8-4-9-10(8)5-7(13-9)6-2-1-3-12-6/h5-6,9H,1-4H2/t6?,9-/m1/s1. The maximum atomic E-state index is 11.1. The number of β-lactam (4-membered cyclic amide) rings is 1. The fraction of sp³-hybridized carbons (Fsp3) is 0.667. The van der Waals surface area contributed by atoms with E-state index in [2.05, 4.69) is 0 Å². The van der Waals surface area contributed by atoms with Crippen LogP contribution in [0.5, 0.6) is 0 Å². The van der Waals surface area contributed by atoms with Crippen molar-refractivity contribution in [2.24, 2.45) is 0 Å². The van der Waals surface area contributed by atoms with Crippen LogP contribution < -0.4 is 0 Å². The first kappa shape index (κ1) is 7.88. The molecule has 0 saturated carbocycles. The highest BCUT2D eigenvalue weighted by molar-refractivity contribution is 8.04. The topological polar surface area (TPSA) is 29.5 Å². The van der Waals surface area contributed by atoms with Gasteiger partial charge in [-0.05, 0) is 12.8 Å². The van der Waals surface area contributed by atoms with Crippen molar-refractivity contribution in [1.29, 1.82) is 0 Å². The van der Waals surface area contributed by atoms with Gasteiger partial charge in [-0.1, -0.05) is 0 Å². The second kappa shape index (κ2) is 2.75. The van der Waals surface area contributed by atoms with Crippen molar-refractivity contribution in [3.63, 3.8) is 0 Å². The minimum atomic E-state index is 0.255. The van der Waals surface area contributed by atoms with Gasteiger partial charge in [0.2, 0.25) is 5.91 Å². The van der Waals surface area contributed by atoms with Crippen molar-refractivity contribution in [2.45, 2.75) is 30.7 Å². The summed E-state index contributed by atoms with van der Waals surface area (Å²) in [6.45, 7) is 0.876. The number of rotatable bonds is 1. The molecule has 0 spiro atoms. The second-order valence-electron chi connectivity index (χ2n) is 3.61. The molecule has 3 heterocycles. The minimum absolute atomic E-state index is 0.255. The molecule has 3 rings (SSSR count). The summed E-state index contributed by atoms with van der Waals surface area (Å²) in [7, 11) is 0. The van der Waals surface area contributed by atoms with Gasteiger partial charge in [0.15, 0.2) is 0 Å². The Hall–Kier alpha value is -0.480. The number of carbonyl (C=O) groups is 1. The van der Waals surface area contributed by atoms with E-state index in [9.17, 15) is 4.79 Å². The number of fused-ring (bicyclic) bond motifs is 1. The summed E-state index contributed by atoms with van der Waals surface area (Å²) in [4.78, 5) is 14.2. The number of ether oxygens (including phenoxy) is 1. The molecule has 2 fully saturated rings. The van der Waals surface area contributed by atoms with Crippen LogP contribution in [0.1, 0.15) is 19.3 Å². The Labute approximate surface area is 81.1 Å². The van der Waals surface area contributed by atoms with Crippen LogP contribution in [0.15, 0.2) is 11.1 Å². The lowest BCUT2D eigenvalue weighted by Gasteiger charge is -2.31. The van der Waals surface area contributed by atoms with Crippen molar-refractivity contribution in [1.82, 2.24) is 4.90 Å². The number of carbonyl (C=O) groups excluding carboxylic acids is 1. The highest BCUT2D eigenvalue weighted by Gasteiger charge is 2.42. The van der Waals surface area contributed by atoms with Crippen LogP contribution in [0.2, 0.25) is 0 Å². The lowest BCUT2D eigenvalue weighted by atomic mass is 10.2. The lowest BCUT2D eigenvalue weighted by molar-refractivity contribution is -0.137. The molecule has 13 heavy (non-hydrogen) atoms. The van der Waals surface area contributed by atoms with Crippen LogP contribution >= 0.6 is 11.8 Å². The predicted octanol–water partition coefficient (Wildman–Crippen LogP) is 1.31. The molecule has 3 nitrogen and oxygen atoms in total. The molecule has 1 unspecified atom stereocenters. The molecule has 0 bridgehead atoms. The van der Waals surface area contributed by atoms with Gasteiger partial charge in [-0.3, -0.25) is 4.79 Å². The third-order valence-corrected chi connectivity index (χ3v) is 4.04. The fourth-order valence-electron chi connectivity index (χ4n) is 1.94. The molecule has 2 atom stereocenters. The molecule has 0 aliphatic carbocycles. The number of amides is 1. The van der Waals surface area contributed by atoms with Crippen molar-refractivity contribution >= 4 is 17.7 Å². The summed E-state index contributed by atoms with van der Waals surface area (Å²) in [6, 6.07) is 0. The maximum Gasteiger partial charge on any atom is 0.230 e. The molecule has 4 heteroatoms. The smallest absolute Gasteiger partial charge is 0.230 e. The van der Waals surface area contributed by atoms with Crippen LogP contribution in [0.25, 0.3) is 0 Å². The van der Waals surface area contributed by atoms with Crippen LogP contribution in [-0.2, 0) is 9.53 Å². The molecule has 3 aliphatic rings. The SMILES string of the molecule is O=C1C[C@H]2SC(C3CCCO3)=CN12. The van der Waals surface area contributed by atoms with E-state index in [1.165, 1.54) is 4.91 Å². The van der Waals surface area contributed by atoms with E-state index < -0.39 is 0 Å². The van der Waals surface area contributed by atoms with E-state index in [0.717, 1.165) is 19.4 Å². The minimum Gasteiger partial charge on any atom is -0.373 e. The average Bonchev–Trinajstić information content (AvgIpc) is 2.69. The first-order valence-electron chi connectivity index (χ1n) is 4.66. The van der Waals surface area contributed by atoms with Crippen molar-refractivity contribution in [3.05, 3.63) is 11.1 Å². The number of hydrogen-bond donors (Lipinski definition) is 0. The first-order valence-corrected chi connectivity index (χ1v) is 5.54. The zero-order chi connectivity index (χ0) is 8.84. The largest absolute Gasteiger partial charge is 0.373 e. The molecular formula is C9H11NO2S. The van der Waals surface area contributed by atoms with Gasteiger partial charge in [0.1, 0.15) is 0 Å². The fourth-order valence-corrected chi connectivity index (χ4v) is 3.28. The number of hydrogen-bond acceptors (Lipinski definition) is 3. The second-order valence-corrected chi connectivity index (χ2v) is 4.86. The summed E-state index contributed by atoms with van der Waals surface area (Å²) < 4.78 is 5.57. The van der Waals surface area contributed by atoms with E-state index >= 15 is 0 Å². The molecular weight excluding hydrogens is 186 g/mol. The summed E-state index contributed by atoms with van der Waals surface area (Å²) in [6.07, 6.45) is 5.24. The maximum absolute atomic E-state index is 11.1. The Morgan fingerprint density at radius 2 is 2.54 bits per heavy atom. The van der Waals surface area contributed by atoms with Crippen molar-refractivity contribution in [2.75, 3.05) is 6.61 Å². The van der Waals surface area contributed by atoms with Crippen LogP contribution in [0.3, 0.4) is 0 Å². The Balaban J connectivity index is 1.75. The summed E-state index contributed by atoms with van der Waals surface area (Å²) in [5.41, 5.74) is 0. The van der Waals surface area contributed by atoms with E-state index in [-0.39, 0.29) is 12.0 Å². The molecule has 70 valence electrons. The van der Waals surface area contributed by atoms with Crippen LogP contribution in [0.4, 0.5) is 0 Å². The van der Waals surface area contributed by atoms with E-state index in [1.54, 1.807) is 11.8 Å². The molecule has 1 amide bonds. The van der Waals surface area contributed by atoms with Gasteiger partial charge in [0.05, 0.1) is 17.9 Å². The molecule has 0 aromatic carbocycles. The third-order valence-electron chi connectivity index (χ3n) is 2.73. The Bertz CT molecular complexity index is 283. The quantitative estimate of drug-likeness (QED) is 0.594. The van der Waals surface area contributed by atoms with E-state index in [0.29, 0.717) is 11.8 Å². The Morgan fingerprint density at radius 1 is 1.62 bits per heavy atom. The van der Waals surface area contributed by atoms with E-state index in [1.807, 2.05) is 11.1 Å². The van der Waals surface area contributed by atoms with Gasteiger partial charge in [-0.25, -0.2) is 0 Å². The molecule has 0 radical (unpaired) electrons. The highest BCUT2D eigenvalue weighted by Crippen LogP contribution is 2.44. The van der Waals surface area contributed by atoms with Gasteiger partial charge in [-0.2, -0.15) is 0 Å². The van der Waals surface area contributed by atoms with Gasteiger partial charge in [-0.15, -0.1) is 11.8 Å². The van der Waals surface area contributed by atoms with Gasteiger partial charge in [0.25, 0.3) is 0 Å². The number of thioether (sulfide) groups is 1. The highest BCUT2D eigenvalue weighted by atomic mass is 32.2. The molecule has 2 saturated heterocycles. The molecule has 3 aliphatic heterocycles. The van der Waals surface area contributed by atoms with Gasteiger partial charge >= 0.3 is 0 Å². The zero-order valence-corrected chi connectivity index (χ0v) is 8.05. The molecule has 0 aromatic rings. The van der Waals surface area contributed by atoms with E-state index in [4.69, 9.17) is 4.74 Å². The first-order chi connectivity index (χ1) is 6.34. The Morgan fingerprint density at radius 3 is 3.15 bits per heavy atom. The summed E-state index contributed by atoms with van der Waals surface area (Å²) >= 11 is 1.80. The Kier molecular flexibility index (Phi) is 1.67. The van der Waals surface area contributed by atoms with Crippen molar-refractivity contribution < 1.29 is 9.53 Å². The monoisotopic (exact) mass is 197 g/mol. The summed E-state index contributed by atoms with van der Waals surface area (Å²) in [5.74, 6) is 0.255. The molecule has 0 N–H and O–H groups in total. The molecule has 0 aromatic heterocycles. The van der Waals surface area contributed by atoms with Gasteiger partial charge < -0.3 is 9.64 Å². The lowest BCUT2D eigenvalue weighted by Crippen LogP contribution is -2.44. The zero-order valence-electron chi connectivity index (χ0n) is 7.23. The van der Waals surface area contributed by atoms with Gasteiger partial charge in [0, 0.05) is 17.7 Å². The van der Waals surface area contributed by atoms with Crippen LogP contribution in [-0.4, -0.2) is 28.9 Å². The average molecular weight is 197 g/mol. The van der Waals surface area contributed by atoms with Crippen molar-refractivity contribution in [3.8, 4) is 0 Å². The third kappa shape index (κ3) is 1.12. The normalized spacial score (nSPS) is 37.4. The summed E-state index contributed by atoms with van der Waals surface area (Å²) in [5, 5.41) is 0.395. The predicted molar refractivity (Wildman–Crippen MR) is 49.9 cm³/mol. The van der Waals surface area contributed by atoms with Crippen LogP contribution in [0, 0.1) is 0 Å². The number of nitrogens with zero attached hydrogens (tertiary/aromatic N) is 1.